The highest BCUT2D eigenvalue weighted by molar-refractivity contribution is 5.41. The van der Waals surface area contributed by atoms with Crippen LogP contribution in [0.15, 0.2) is 12.1 Å². The van der Waals surface area contributed by atoms with Crippen LogP contribution in [0.3, 0.4) is 0 Å². The molecule has 0 spiro atoms. The smallest absolute Gasteiger partial charge is 0.119 e. The van der Waals surface area contributed by atoms with Gasteiger partial charge in [0.1, 0.15) is 5.75 Å². The molecule has 1 aromatic carbocycles. The Morgan fingerprint density at radius 1 is 1.15 bits per heavy atom. The van der Waals surface area contributed by atoms with Crippen molar-refractivity contribution in [1.82, 2.24) is 0 Å². The summed E-state index contributed by atoms with van der Waals surface area (Å²) in [7, 11) is 0. The van der Waals surface area contributed by atoms with Crippen molar-refractivity contribution in [2.45, 2.75) is 72.1 Å². The van der Waals surface area contributed by atoms with Gasteiger partial charge in [0.25, 0.3) is 0 Å². The van der Waals surface area contributed by atoms with Crippen LogP contribution in [0.5, 0.6) is 5.75 Å². The highest BCUT2D eigenvalue weighted by atomic mass is 16.3. The van der Waals surface area contributed by atoms with Gasteiger partial charge in [-0.05, 0) is 67.7 Å². The van der Waals surface area contributed by atoms with Gasteiger partial charge in [-0.3, -0.25) is 0 Å². The number of hydrogen-bond acceptors (Lipinski definition) is 1. The van der Waals surface area contributed by atoms with Crippen LogP contribution in [0.2, 0.25) is 0 Å². The zero-order chi connectivity index (χ0) is 14.5. The molecule has 0 amide bonds. The third-order valence-corrected chi connectivity index (χ3v) is 5.07. The van der Waals surface area contributed by atoms with E-state index in [1.54, 1.807) is 0 Å². The fourth-order valence-corrected chi connectivity index (χ4v) is 3.64. The van der Waals surface area contributed by atoms with Gasteiger partial charge in [-0.1, -0.05) is 45.1 Å². The highest BCUT2D eigenvalue weighted by Gasteiger charge is 2.18. The Morgan fingerprint density at radius 3 is 2.65 bits per heavy atom. The molecule has 0 heterocycles. The molecule has 1 aliphatic carbocycles. The molecule has 112 valence electrons. The lowest BCUT2D eigenvalue weighted by molar-refractivity contribution is 0.264. The monoisotopic (exact) mass is 274 g/mol. The van der Waals surface area contributed by atoms with Crippen LogP contribution >= 0.6 is 0 Å². The summed E-state index contributed by atoms with van der Waals surface area (Å²) in [5.74, 6) is 2.39. The molecule has 0 radical (unpaired) electrons. The van der Waals surface area contributed by atoms with Crippen molar-refractivity contribution in [3.8, 4) is 5.75 Å². The fourth-order valence-electron chi connectivity index (χ4n) is 3.64. The van der Waals surface area contributed by atoms with Crippen molar-refractivity contribution in [3.05, 3.63) is 28.8 Å². The van der Waals surface area contributed by atoms with Crippen molar-refractivity contribution < 1.29 is 5.11 Å². The summed E-state index contributed by atoms with van der Waals surface area (Å²) in [5, 5.41) is 9.87. The number of aromatic hydroxyl groups is 1. The number of benzene rings is 1. The summed E-state index contributed by atoms with van der Waals surface area (Å²) >= 11 is 0. The predicted molar refractivity (Wildman–Crippen MR) is 86.3 cm³/mol. The van der Waals surface area contributed by atoms with Gasteiger partial charge in [-0.15, -0.1) is 0 Å². The van der Waals surface area contributed by atoms with Gasteiger partial charge >= 0.3 is 0 Å². The van der Waals surface area contributed by atoms with Crippen LogP contribution in [-0.2, 0) is 6.42 Å². The maximum absolute atomic E-state index is 9.87. The molecular formula is C19H30O. The Balaban J connectivity index is 1.73. The van der Waals surface area contributed by atoms with Crippen LogP contribution in [0, 0.1) is 25.7 Å². The second-order valence-electron chi connectivity index (χ2n) is 6.94. The van der Waals surface area contributed by atoms with E-state index >= 15 is 0 Å². The van der Waals surface area contributed by atoms with Crippen LogP contribution < -0.4 is 0 Å². The average Bonchev–Trinajstić information content (AvgIpc) is 2.41. The number of rotatable bonds is 5. The SMILES string of the molecule is Cc1cc(CCCCC2CCCC(C)C2)cc(O)c1C. The van der Waals surface area contributed by atoms with Crippen LogP contribution in [-0.4, -0.2) is 5.11 Å². The first-order chi connectivity index (χ1) is 9.56. The molecule has 0 saturated heterocycles. The van der Waals surface area contributed by atoms with E-state index in [0.29, 0.717) is 5.75 Å². The molecule has 20 heavy (non-hydrogen) atoms. The Kier molecular flexibility index (Phi) is 5.51. The van der Waals surface area contributed by atoms with Gasteiger partial charge in [0.15, 0.2) is 0 Å². The first kappa shape index (κ1) is 15.4. The number of phenols is 1. The third kappa shape index (κ3) is 4.26. The van der Waals surface area contributed by atoms with Crippen LogP contribution in [0.1, 0.15) is 68.6 Å². The molecule has 0 bridgehead atoms. The summed E-state index contributed by atoms with van der Waals surface area (Å²) < 4.78 is 0. The summed E-state index contributed by atoms with van der Waals surface area (Å²) in [6.07, 6.45) is 10.9. The van der Waals surface area contributed by atoms with Gasteiger partial charge in [-0.2, -0.15) is 0 Å². The summed E-state index contributed by atoms with van der Waals surface area (Å²) in [5.41, 5.74) is 3.52. The van der Waals surface area contributed by atoms with Gasteiger partial charge in [0, 0.05) is 0 Å². The lowest BCUT2D eigenvalue weighted by atomic mass is 9.80. The molecular weight excluding hydrogens is 244 g/mol. The predicted octanol–water partition coefficient (Wildman–Crippen LogP) is 5.55. The van der Waals surface area contributed by atoms with Gasteiger partial charge < -0.3 is 5.11 Å². The average molecular weight is 274 g/mol. The van der Waals surface area contributed by atoms with E-state index in [9.17, 15) is 5.11 Å². The number of hydrogen-bond donors (Lipinski definition) is 1. The van der Waals surface area contributed by atoms with Crippen molar-refractivity contribution in [3.63, 3.8) is 0 Å². The van der Waals surface area contributed by atoms with E-state index in [1.165, 1.54) is 56.1 Å². The minimum Gasteiger partial charge on any atom is -0.508 e. The number of phenolic OH excluding ortho intramolecular Hbond substituents is 1. The Bertz CT molecular complexity index is 412. The Morgan fingerprint density at radius 2 is 1.95 bits per heavy atom. The molecule has 1 aliphatic rings. The van der Waals surface area contributed by atoms with Gasteiger partial charge in [-0.25, -0.2) is 0 Å². The summed E-state index contributed by atoms with van der Waals surface area (Å²) in [4.78, 5) is 0. The lowest BCUT2D eigenvalue weighted by Crippen LogP contribution is -2.13. The number of unbranched alkanes of at least 4 members (excludes halogenated alkanes) is 1. The van der Waals surface area contributed by atoms with Gasteiger partial charge in [0.2, 0.25) is 0 Å². The van der Waals surface area contributed by atoms with Crippen molar-refractivity contribution in [1.29, 1.82) is 0 Å². The molecule has 2 unspecified atom stereocenters. The number of aryl methyl sites for hydroxylation is 2. The minimum absolute atomic E-state index is 0.459. The quantitative estimate of drug-likeness (QED) is 0.698. The maximum Gasteiger partial charge on any atom is 0.119 e. The molecule has 0 aliphatic heterocycles. The largest absolute Gasteiger partial charge is 0.508 e. The van der Waals surface area contributed by atoms with E-state index in [1.807, 2.05) is 13.0 Å². The topological polar surface area (TPSA) is 20.2 Å². The molecule has 1 heteroatoms. The van der Waals surface area contributed by atoms with E-state index in [0.717, 1.165) is 23.8 Å². The summed E-state index contributed by atoms with van der Waals surface area (Å²) in [6.45, 7) is 6.48. The van der Waals surface area contributed by atoms with E-state index < -0.39 is 0 Å². The summed E-state index contributed by atoms with van der Waals surface area (Å²) in [6, 6.07) is 4.18. The first-order valence-corrected chi connectivity index (χ1v) is 8.35. The standard InChI is InChI=1S/C19H30O/c1-14-7-6-10-17(11-14)8-4-5-9-18-12-15(2)16(3)19(20)13-18/h12-14,17,20H,4-11H2,1-3H3. The molecule has 1 aromatic rings. The molecule has 1 fully saturated rings. The second-order valence-corrected chi connectivity index (χ2v) is 6.94. The maximum atomic E-state index is 9.87. The van der Waals surface area contributed by atoms with Crippen molar-refractivity contribution in [2.24, 2.45) is 11.8 Å². The van der Waals surface area contributed by atoms with E-state index in [2.05, 4.69) is 19.9 Å². The first-order valence-electron chi connectivity index (χ1n) is 8.35. The third-order valence-electron chi connectivity index (χ3n) is 5.07. The van der Waals surface area contributed by atoms with Crippen molar-refractivity contribution in [2.75, 3.05) is 0 Å². The van der Waals surface area contributed by atoms with E-state index in [4.69, 9.17) is 0 Å². The zero-order valence-corrected chi connectivity index (χ0v) is 13.4. The lowest BCUT2D eigenvalue weighted by Gasteiger charge is -2.26. The molecule has 2 rings (SSSR count). The minimum atomic E-state index is 0.459. The second kappa shape index (κ2) is 7.15. The van der Waals surface area contributed by atoms with Crippen LogP contribution in [0.4, 0.5) is 0 Å². The molecule has 2 atom stereocenters. The fraction of sp³-hybridized carbons (Fsp3) is 0.684. The molecule has 1 N–H and O–H groups in total. The van der Waals surface area contributed by atoms with Crippen LogP contribution in [0.25, 0.3) is 0 Å². The Hall–Kier alpha value is -0.980. The normalized spacial score (nSPS) is 22.9. The Labute approximate surface area is 124 Å². The zero-order valence-electron chi connectivity index (χ0n) is 13.4. The van der Waals surface area contributed by atoms with Gasteiger partial charge in [0.05, 0.1) is 0 Å². The molecule has 0 aromatic heterocycles. The highest BCUT2D eigenvalue weighted by Crippen LogP contribution is 2.32. The molecule has 1 nitrogen and oxygen atoms in total. The van der Waals surface area contributed by atoms with E-state index in [-0.39, 0.29) is 0 Å². The molecule has 1 saturated carbocycles. The van der Waals surface area contributed by atoms with Crippen molar-refractivity contribution >= 4 is 0 Å².